The van der Waals surface area contributed by atoms with E-state index in [1.54, 1.807) is 36.4 Å². The first-order valence-electron chi connectivity index (χ1n) is 10.4. The summed E-state index contributed by atoms with van der Waals surface area (Å²) in [5.74, 6) is -2.21. The molecule has 6 nitrogen and oxygen atoms in total. The van der Waals surface area contributed by atoms with Crippen LogP contribution in [0.15, 0.2) is 54.1 Å². The second kappa shape index (κ2) is 7.75. The maximum absolute atomic E-state index is 15.2. The van der Waals surface area contributed by atoms with Gasteiger partial charge in [-0.15, -0.1) is 0 Å². The molecule has 2 aliphatic rings. The van der Waals surface area contributed by atoms with Crippen molar-refractivity contribution in [3.8, 4) is 0 Å². The van der Waals surface area contributed by atoms with Crippen LogP contribution in [0.4, 0.5) is 20.6 Å². The molecule has 0 bridgehead atoms. The summed E-state index contributed by atoms with van der Waals surface area (Å²) in [6.45, 7) is 8.79. The van der Waals surface area contributed by atoms with Crippen LogP contribution in [0.3, 0.4) is 0 Å². The molecule has 4 rings (SSSR count). The number of anilines is 2. The van der Waals surface area contributed by atoms with Gasteiger partial charge in [0.1, 0.15) is 11.4 Å². The van der Waals surface area contributed by atoms with E-state index in [1.165, 1.54) is 12.1 Å². The standard InChI is InChI=1S/C25H24FN3O3/c1-5-28-21-13-20(26)16(11-18(21)15(2)14-25(28,3)4)12-19-22(30)27-24(32)29(23(19)31)17-9-7-6-8-10-17/h6-14H,5H2,1-4H3,(H,27,30,32)/b19-12-. The normalized spacial score (nSPS) is 19.1. The number of carbonyl (C=O) groups excluding carboxylic acids is 3. The van der Waals surface area contributed by atoms with Gasteiger partial charge < -0.3 is 4.90 Å². The van der Waals surface area contributed by atoms with E-state index in [0.717, 1.165) is 21.7 Å². The van der Waals surface area contributed by atoms with Crippen molar-refractivity contribution in [2.75, 3.05) is 16.3 Å². The predicted molar refractivity (Wildman–Crippen MR) is 123 cm³/mol. The fourth-order valence-corrected chi connectivity index (χ4v) is 4.43. The number of likely N-dealkylation sites (N-methyl/N-ethyl adjacent to an activating group) is 1. The molecule has 164 valence electrons. The monoisotopic (exact) mass is 433 g/mol. The van der Waals surface area contributed by atoms with Crippen LogP contribution in [0.2, 0.25) is 0 Å². The first-order chi connectivity index (χ1) is 15.1. The van der Waals surface area contributed by atoms with E-state index >= 15 is 4.39 Å². The van der Waals surface area contributed by atoms with Gasteiger partial charge in [-0.3, -0.25) is 14.9 Å². The van der Waals surface area contributed by atoms with Gasteiger partial charge in [-0.2, -0.15) is 0 Å². The highest BCUT2D eigenvalue weighted by molar-refractivity contribution is 6.39. The Bertz CT molecular complexity index is 1200. The third kappa shape index (κ3) is 3.49. The average Bonchev–Trinajstić information content (AvgIpc) is 2.72. The van der Waals surface area contributed by atoms with Gasteiger partial charge in [-0.1, -0.05) is 24.3 Å². The molecule has 2 aliphatic heterocycles. The molecule has 0 saturated carbocycles. The van der Waals surface area contributed by atoms with E-state index in [4.69, 9.17) is 0 Å². The molecular formula is C25H24FN3O3. The van der Waals surface area contributed by atoms with Gasteiger partial charge in [0.15, 0.2) is 0 Å². The summed E-state index contributed by atoms with van der Waals surface area (Å²) in [5, 5.41) is 2.16. The van der Waals surface area contributed by atoms with Crippen molar-refractivity contribution >= 4 is 40.9 Å². The Balaban J connectivity index is 1.80. The second-order valence-electron chi connectivity index (χ2n) is 8.41. The highest BCUT2D eigenvalue weighted by Crippen LogP contribution is 2.40. The Kier molecular flexibility index (Phi) is 5.20. The zero-order chi connectivity index (χ0) is 23.2. The molecule has 0 unspecified atom stereocenters. The van der Waals surface area contributed by atoms with E-state index in [1.807, 2.05) is 13.8 Å². The maximum Gasteiger partial charge on any atom is 0.335 e. The lowest BCUT2D eigenvalue weighted by atomic mass is 9.87. The van der Waals surface area contributed by atoms with Crippen LogP contribution >= 0.6 is 0 Å². The number of hydrogen-bond donors (Lipinski definition) is 1. The third-order valence-corrected chi connectivity index (χ3v) is 5.83. The maximum atomic E-state index is 15.2. The molecule has 7 heteroatoms. The molecule has 0 aromatic heterocycles. The number of urea groups is 1. The van der Waals surface area contributed by atoms with E-state index in [0.29, 0.717) is 12.2 Å². The van der Waals surface area contributed by atoms with Crippen molar-refractivity contribution in [2.45, 2.75) is 33.2 Å². The number of allylic oxidation sites excluding steroid dienone is 1. The van der Waals surface area contributed by atoms with Gasteiger partial charge in [0.05, 0.1) is 11.2 Å². The largest absolute Gasteiger partial charge is 0.363 e. The van der Waals surface area contributed by atoms with Crippen molar-refractivity contribution in [2.24, 2.45) is 0 Å². The number of rotatable bonds is 3. The molecule has 1 fully saturated rings. The minimum Gasteiger partial charge on any atom is -0.363 e. The molecule has 0 aliphatic carbocycles. The molecule has 2 aromatic carbocycles. The first kappa shape index (κ1) is 21.5. The number of benzene rings is 2. The van der Waals surface area contributed by atoms with Crippen molar-refractivity contribution in [1.82, 2.24) is 5.32 Å². The Labute approximate surface area is 186 Å². The summed E-state index contributed by atoms with van der Waals surface area (Å²) in [4.78, 5) is 40.8. The minimum atomic E-state index is -0.854. The molecule has 2 heterocycles. The first-order valence-corrected chi connectivity index (χ1v) is 10.4. The summed E-state index contributed by atoms with van der Waals surface area (Å²) in [7, 11) is 0. The van der Waals surface area contributed by atoms with Crippen LogP contribution in [0, 0.1) is 5.82 Å². The lowest BCUT2D eigenvalue weighted by molar-refractivity contribution is -0.122. The number of nitrogens with zero attached hydrogens (tertiary/aromatic N) is 2. The summed E-state index contributed by atoms with van der Waals surface area (Å²) in [6, 6.07) is 10.5. The summed E-state index contributed by atoms with van der Waals surface area (Å²) in [5.41, 5.74) is 2.42. The molecule has 4 amide bonds. The smallest absolute Gasteiger partial charge is 0.335 e. The number of amides is 4. The van der Waals surface area contributed by atoms with E-state index < -0.39 is 23.7 Å². The topological polar surface area (TPSA) is 69.7 Å². The number of para-hydroxylation sites is 1. The van der Waals surface area contributed by atoms with Gasteiger partial charge in [-0.05, 0) is 63.6 Å². The average molecular weight is 433 g/mol. The molecule has 0 atom stereocenters. The SMILES string of the molecule is CCN1c2cc(F)c(/C=C3/C(=O)NC(=O)N(c4ccccc4)C3=O)cc2C(C)=CC1(C)C. The molecule has 0 radical (unpaired) electrons. The van der Waals surface area contributed by atoms with E-state index in [-0.39, 0.29) is 16.7 Å². The summed E-state index contributed by atoms with van der Waals surface area (Å²) >= 11 is 0. The lowest BCUT2D eigenvalue weighted by Gasteiger charge is -2.43. The van der Waals surface area contributed by atoms with Crippen molar-refractivity contribution in [1.29, 1.82) is 0 Å². The molecule has 32 heavy (non-hydrogen) atoms. The fraction of sp³-hybridized carbons (Fsp3) is 0.240. The number of hydrogen-bond acceptors (Lipinski definition) is 4. The number of halogens is 1. The van der Waals surface area contributed by atoms with Crippen LogP contribution in [-0.2, 0) is 9.59 Å². The van der Waals surface area contributed by atoms with Gasteiger partial charge in [0, 0.05) is 23.4 Å². The molecule has 1 saturated heterocycles. The van der Waals surface area contributed by atoms with Crippen LogP contribution in [-0.4, -0.2) is 29.9 Å². The highest BCUT2D eigenvalue weighted by atomic mass is 19.1. The number of nitrogens with one attached hydrogen (secondary N) is 1. The van der Waals surface area contributed by atoms with E-state index in [2.05, 4.69) is 30.1 Å². The summed E-state index contributed by atoms with van der Waals surface area (Å²) in [6.07, 6.45) is 3.32. The Hall–Kier alpha value is -3.74. The van der Waals surface area contributed by atoms with Crippen LogP contribution in [0.5, 0.6) is 0 Å². The summed E-state index contributed by atoms with van der Waals surface area (Å²) < 4.78 is 15.2. The van der Waals surface area contributed by atoms with Crippen molar-refractivity contribution < 1.29 is 18.8 Å². The van der Waals surface area contributed by atoms with Gasteiger partial charge in [-0.25, -0.2) is 14.1 Å². The van der Waals surface area contributed by atoms with Crippen LogP contribution in [0.25, 0.3) is 11.6 Å². The number of imide groups is 2. The predicted octanol–water partition coefficient (Wildman–Crippen LogP) is 4.51. The number of fused-ring (bicyclic) bond motifs is 1. The molecular weight excluding hydrogens is 409 g/mol. The van der Waals surface area contributed by atoms with Gasteiger partial charge in [0.2, 0.25) is 0 Å². The van der Waals surface area contributed by atoms with Crippen molar-refractivity contribution in [3.05, 3.63) is 71.1 Å². The molecule has 0 spiro atoms. The molecule has 2 aromatic rings. The van der Waals surface area contributed by atoms with Crippen LogP contribution < -0.4 is 15.1 Å². The fourth-order valence-electron chi connectivity index (χ4n) is 4.43. The highest BCUT2D eigenvalue weighted by Gasteiger charge is 2.37. The Morgan fingerprint density at radius 1 is 1.09 bits per heavy atom. The van der Waals surface area contributed by atoms with Gasteiger partial charge >= 0.3 is 6.03 Å². The number of barbiturate groups is 1. The van der Waals surface area contributed by atoms with Crippen LogP contribution in [0.1, 0.15) is 38.8 Å². The second-order valence-corrected chi connectivity index (χ2v) is 8.41. The molecule has 1 N–H and O–H groups in total. The quantitative estimate of drug-likeness (QED) is 0.571. The third-order valence-electron chi connectivity index (χ3n) is 5.83. The van der Waals surface area contributed by atoms with Crippen molar-refractivity contribution in [3.63, 3.8) is 0 Å². The zero-order valence-corrected chi connectivity index (χ0v) is 18.4. The van der Waals surface area contributed by atoms with Gasteiger partial charge in [0.25, 0.3) is 11.8 Å². The van der Waals surface area contributed by atoms with E-state index in [9.17, 15) is 14.4 Å². The Morgan fingerprint density at radius 3 is 2.44 bits per heavy atom. The minimum absolute atomic E-state index is 0.105. The Morgan fingerprint density at radius 2 is 1.78 bits per heavy atom. The lowest BCUT2D eigenvalue weighted by Crippen LogP contribution is -2.54. The number of carbonyl (C=O) groups is 3. The zero-order valence-electron chi connectivity index (χ0n) is 18.4.